The maximum Gasteiger partial charge on any atom is 0.360 e. The molecule has 0 aliphatic carbocycles. The van der Waals surface area contributed by atoms with E-state index in [2.05, 4.69) is 14.4 Å². The highest BCUT2D eigenvalue weighted by molar-refractivity contribution is 6.16. The van der Waals surface area contributed by atoms with Crippen LogP contribution in [0.5, 0.6) is 0 Å². The molecule has 0 unspecified atom stereocenters. The molecule has 60 valence electrons. The molecule has 0 aromatic carbocycles. The summed E-state index contributed by atoms with van der Waals surface area (Å²) in [5, 5.41) is 3.42. The Morgan fingerprint density at radius 2 is 2.64 bits per heavy atom. The number of rotatable bonds is 2. The molecule has 11 heavy (non-hydrogen) atoms. The van der Waals surface area contributed by atoms with Crippen molar-refractivity contribution in [1.82, 2.24) is 5.16 Å². The lowest BCUT2D eigenvalue weighted by Crippen LogP contribution is -2.00. The van der Waals surface area contributed by atoms with Crippen molar-refractivity contribution < 1.29 is 14.1 Å². The van der Waals surface area contributed by atoms with E-state index in [-0.39, 0.29) is 11.6 Å². The van der Waals surface area contributed by atoms with Gasteiger partial charge in [0.05, 0.1) is 13.0 Å². The fourth-order valence-electron chi connectivity index (χ4n) is 0.577. The van der Waals surface area contributed by atoms with Gasteiger partial charge in [0, 0.05) is 6.07 Å². The van der Waals surface area contributed by atoms with Crippen LogP contribution in [0.15, 0.2) is 10.6 Å². The largest absolute Gasteiger partial charge is 0.464 e. The van der Waals surface area contributed by atoms with Crippen molar-refractivity contribution in [2.45, 2.75) is 5.88 Å². The average molecular weight is 176 g/mol. The monoisotopic (exact) mass is 175 g/mol. The van der Waals surface area contributed by atoms with Gasteiger partial charge in [0.25, 0.3) is 0 Å². The Bertz CT molecular complexity index is 258. The maximum atomic E-state index is 10.8. The molecule has 1 aromatic heterocycles. The quantitative estimate of drug-likeness (QED) is 0.501. The predicted molar refractivity (Wildman–Crippen MR) is 37.4 cm³/mol. The molecule has 4 nitrogen and oxygen atoms in total. The van der Waals surface area contributed by atoms with Gasteiger partial charge in [-0.2, -0.15) is 0 Å². The Balaban J connectivity index is 2.80. The van der Waals surface area contributed by atoms with Gasteiger partial charge < -0.3 is 9.26 Å². The summed E-state index contributed by atoms with van der Waals surface area (Å²) in [4.78, 5) is 10.8. The molecule has 0 aliphatic rings. The van der Waals surface area contributed by atoms with Crippen LogP contribution in [-0.4, -0.2) is 18.2 Å². The number of esters is 1. The molecule has 0 fully saturated rings. The summed E-state index contributed by atoms with van der Waals surface area (Å²) in [6.07, 6.45) is 0. The van der Waals surface area contributed by atoms with E-state index in [0.717, 1.165) is 0 Å². The highest BCUT2D eigenvalue weighted by atomic mass is 35.5. The van der Waals surface area contributed by atoms with Crippen molar-refractivity contribution in [2.75, 3.05) is 7.11 Å². The summed E-state index contributed by atoms with van der Waals surface area (Å²) in [6.45, 7) is 0. The Morgan fingerprint density at radius 3 is 3.09 bits per heavy atom. The van der Waals surface area contributed by atoms with Gasteiger partial charge in [0.15, 0.2) is 11.5 Å². The number of ether oxygens (including phenoxy) is 1. The van der Waals surface area contributed by atoms with E-state index in [0.29, 0.717) is 5.76 Å². The van der Waals surface area contributed by atoms with Crippen molar-refractivity contribution >= 4 is 17.6 Å². The van der Waals surface area contributed by atoms with Crippen LogP contribution in [0.2, 0.25) is 0 Å². The van der Waals surface area contributed by atoms with E-state index >= 15 is 0 Å². The lowest BCUT2D eigenvalue weighted by Gasteiger charge is -1.88. The molecule has 0 N–H and O–H groups in total. The first kappa shape index (κ1) is 8.07. The summed E-state index contributed by atoms with van der Waals surface area (Å²) in [7, 11) is 1.28. The molecular formula is C6H6ClNO3. The average Bonchev–Trinajstić information content (AvgIpc) is 2.50. The lowest BCUT2D eigenvalue weighted by atomic mass is 10.4. The van der Waals surface area contributed by atoms with Crippen molar-refractivity contribution in [3.05, 3.63) is 17.5 Å². The minimum absolute atomic E-state index is 0.142. The molecule has 0 bridgehead atoms. The number of carbonyl (C=O) groups is 1. The van der Waals surface area contributed by atoms with Gasteiger partial charge in [-0.15, -0.1) is 11.6 Å². The predicted octanol–water partition coefficient (Wildman–Crippen LogP) is 1.20. The Kier molecular flexibility index (Phi) is 2.48. The molecule has 0 spiro atoms. The van der Waals surface area contributed by atoms with Crippen molar-refractivity contribution in [3.8, 4) is 0 Å². The van der Waals surface area contributed by atoms with E-state index in [4.69, 9.17) is 11.6 Å². The zero-order valence-corrected chi connectivity index (χ0v) is 6.59. The summed E-state index contributed by atoms with van der Waals surface area (Å²) >= 11 is 5.40. The minimum Gasteiger partial charge on any atom is -0.464 e. The van der Waals surface area contributed by atoms with Crippen LogP contribution in [0.4, 0.5) is 0 Å². The van der Waals surface area contributed by atoms with Crippen LogP contribution in [0.25, 0.3) is 0 Å². The van der Waals surface area contributed by atoms with Crippen molar-refractivity contribution in [1.29, 1.82) is 0 Å². The molecular weight excluding hydrogens is 170 g/mol. The van der Waals surface area contributed by atoms with Crippen molar-refractivity contribution in [2.24, 2.45) is 0 Å². The highest BCUT2D eigenvalue weighted by Gasteiger charge is 2.11. The van der Waals surface area contributed by atoms with Crippen LogP contribution < -0.4 is 0 Å². The summed E-state index contributed by atoms with van der Waals surface area (Å²) in [5.74, 6) is 0.126. The smallest absolute Gasteiger partial charge is 0.360 e. The topological polar surface area (TPSA) is 52.3 Å². The second-order valence-electron chi connectivity index (χ2n) is 1.80. The SMILES string of the molecule is COC(=O)c1cc(CCl)on1. The number of hydrogen-bond donors (Lipinski definition) is 0. The van der Waals surface area contributed by atoms with Crippen LogP contribution >= 0.6 is 11.6 Å². The molecule has 0 atom stereocenters. The Morgan fingerprint density at radius 1 is 1.91 bits per heavy atom. The van der Waals surface area contributed by atoms with Gasteiger partial charge >= 0.3 is 5.97 Å². The van der Waals surface area contributed by atoms with Gasteiger partial charge in [-0.3, -0.25) is 0 Å². The van der Waals surface area contributed by atoms with Crippen LogP contribution in [0, 0.1) is 0 Å². The number of aromatic nitrogens is 1. The molecule has 1 rings (SSSR count). The van der Waals surface area contributed by atoms with Crippen molar-refractivity contribution in [3.63, 3.8) is 0 Å². The molecule has 1 aromatic rings. The van der Waals surface area contributed by atoms with Gasteiger partial charge in [0.1, 0.15) is 0 Å². The number of alkyl halides is 1. The number of carbonyl (C=O) groups excluding carboxylic acids is 1. The summed E-state index contributed by atoms with van der Waals surface area (Å²) in [6, 6.07) is 1.44. The van der Waals surface area contributed by atoms with Gasteiger partial charge in [0.2, 0.25) is 0 Å². The summed E-state index contributed by atoms with van der Waals surface area (Å²) in [5.41, 5.74) is 0.142. The third kappa shape index (κ3) is 1.71. The van der Waals surface area contributed by atoms with Gasteiger partial charge in [-0.1, -0.05) is 5.16 Å². The first-order valence-corrected chi connectivity index (χ1v) is 3.41. The molecule has 5 heteroatoms. The fraction of sp³-hybridized carbons (Fsp3) is 0.333. The highest BCUT2D eigenvalue weighted by Crippen LogP contribution is 2.06. The molecule has 1 heterocycles. The van der Waals surface area contributed by atoms with Crippen LogP contribution in [0.3, 0.4) is 0 Å². The first-order valence-electron chi connectivity index (χ1n) is 2.87. The summed E-state index contributed by atoms with van der Waals surface area (Å²) < 4.78 is 9.04. The van der Waals surface area contributed by atoms with E-state index in [1.54, 1.807) is 0 Å². The minimum atomic E-state index is -0.523. The normalized spacial score (nSPS) is 9.64. The van der Waals surface area contributed by atoms with Crippen LogP contribution in [-0.2, 0) is 10.6 Å². The number of methoxy groups -OCH3 is 1. The molecule has 0 saturated heterocycles. The van der Waals surface area contributed by atoms with E-state index < -0.39 is 5.97 Å². The maximum absolute atomic E-state index is 10.8. The second kappa shape index (κ2) is 3.39. The molecule has 0 amide bonds. The number of halogens is 1. The first-order chi connectivity index (χ1) is 5.27. The standard InChI is InChI=1S/C6H6ClNO3/c1-10-6(9)5-2-4(3-7)11-8-5/h2H,3H2,1H3. The zero-order valence-electron chi connectivity index (χ0n) is 5.83. The lowest BCUT2D eigenvalue weighted by molar-refractivity contribution is 0.0589. The van der Waals surface area contributed by atoms with E-state index in [1.807, 2.05) is 0 Å². The zero-order chi connectivity index (χ0) is 8.27. The second-order valence-corrected chi connectivity index (χ2v) is 2.07. The van der Waals surface area contributed by atoms with Crippen LogP contribution in [0.1, 0.15) is 16.2 Å². The van der Waals surface area contributed by atoms with Gasteiger partial charge in [-0.05, 0) is 0 Å². The molecule has 0 saturated carbocycles. The fourth-order valence-corrected chi connectivity index (χ4v) is 0.703. The van der Waals surface area contributed by atoms with E-state index in [1.165, 1.54) is 13.2 Å². The number of nitrogens with zero attached hydrogens (tertiary/aromatic N) is 1. The Labute approximate surface area is 68.1 Å². The third-order valence-electron chi connectivity index (χ3n) is 1.09. The molecule has 0 aliphatic heterocycles. The molecule has 0 radical (unpaired) electrons. The van der Waals surface area contributed by atoms with E-state index in [9.17, 15) is 4.79 Å². The van der Waals surface area contributed by atoms with Gasteiger partial charge in [-0.25, -0.2) is 4.79 Å². The number of hydrogen-bond acceptors (Lipinski definition) is 4. The Hall–Kier alpha value is -1.03. The third-order valence-corrected chi connectivity index (χ3v) is 1.35.